The number of benzene rings is 1. The van der Waals surface area contributed by atoms with Gasteiger partial charge in [-0.05, 0) is 36.3 Å². The minimum absolute atomic E-state index is 0.120. The van der Waals surface area contributed by atoms with E-state index in [1.54, 1.807) is 23.1 Å². The third kappa shape index (κ3) is 5.83. The number of hydrogen-bond donors (Lipinski definition) is 2. The second-order valence-corrected chi connectivity index (χ2v) is 7.25. The molecule has 118 valence electrons. The van der Waals surface area contributed by atoms with Crippen molar-refractivity contribution in [1.29, 1.82) is 0 Å². The van der Waals surface area contributed by atoms with E-state index >= 15 is 0 Å². The minimum Gasteiger partial charge on any atom is -0.351 e. The molecule has 0 saturated heterocycles. The number of hydrogen-bond acceptors (Lipinski definition) is 3. The molecule has 0 aliphatic carbocycles. The third-order valence-corrected chi connectivity index (χ3v) is 5.08. The van der Waals surface area contributed by atoms with Gasteiger partial charge in [-0.1, -0.05) is 18.2 Å². The first-order valence-electron chi connectivity index (χ1n) is 7.40. The van der Waals surface area contributed by atoms with Crippen LogP contribution in [0, 0.1) is 0 Å². The van der Waals surface area contributed by atoms with Gasteiger partial charge in [-0.25, -0.2) is 0 Å². The molecule has 0 fully saturated rings. The van der Waals surface area contributed by atoms with Crippen LogP contribution in [-0.4, -0.2) is 32.3 Å². The van der Waals surface area contributed by atoms with Gasteiger partial charge in [0, 0.05) is 21.9 Å². The molecular weight excluding hydrogens is 312 g/mol. The first-order chi connectivity index (χ1) is 10.7. The molecule has 1 aromatic heterocycles. The molecule has 5 heteroatoms. The Bertz CT molecular complexity index is 567. The highest BCUT2D eigenvalue weighted by atomic mass is 32.2. The number of rotatable bonds is 8. The molecule has 1 heterocycles. The predicted octanol–water partition coefficient (Wildman–Crippen LogP) is 1.84. The van der Waals surface area contributed by atoms with Crippen molar-refractivity contribution in [2.24, 2.45) is 0 Å². The molecule has 2 aromatic rings. The van der Waals surface area contributed by atoms with E-state index in [2.05, 4.69) is 54.3 Å². The highest BCUT2D eigenvalue weighted by molar-refractivity contribution is 7.98. The number of nitrogens with one attached hydrogen (secondary N) is 2. The molecule has 0 aliphatic heterocycles. The van der Waals surface area contributed by atoms with Crippen molar-refractivity contribution in [3.05, 3.63) is 52.2 Å². The molecule has 0 bridgehead atoms. The Hall–Kier alpha value is -1.30. The number of thiophene rings is 1. The fraction of sp³-hybridized carbons (Fsp3) is 0.353. The normalized spacial score (nSPS) is 12.1. The van der Waals surface area contributed by atoms with Gasteiger partial charge < -0.3 is 10.2 Å². The number of likely N-dealkylation sites (N-methyl/N-ethyl adjacent to an activating group) is 1. The number of amides is 1. The highest BCUT2D eigenvalue weighted by Gasteiger charge is 2.10. The minimum atomic E-state index is 0.120. The van der Waals surface area contributed by atoms with E-state index in [9.17, 15) is 4.79 Å². The van der Waals surface area contributed by atoms with Gasteiger partial charge in [0.2, 0.25) is 0 Å². The lowest BCUT2D eigenvalue weighted by Gasteiger charge is -2.14. The summed E-state index contributed by atoms with van der Waals surface area (Å²) in [5.74, 6) is 0.120. The summed E-state index contributed by atoms with van der Waals surface area (Å²) in [5.41, 5.74) is 1.27. The van der Waals surface area contributed by atoms with E-state index in [-0.39, 0.29) is 5.91 Å². The molecule has 1 unspecified atom stereocenters. The molecule has 0 saturated carbocycles. The summed E-state index contributed by atoms with van der Waals surface area (Å²) in [7, 11) is 2.06. The molecule has 2 rings (SSSR count). The lowest BCUT2D eigenvalue weighted by Crippen LogP contribution is -3.08. The van der Waals surface area contributed by atoms with Crippen LogP contribution in [-0.2, 0) is 17.8 Å². The van der Waals surface area contributed by atoms with Crippen molar-refractivity contribution in [3.8, 4) is 0 Å². The van der Waals surface area contributed by atoms with E-state index in [0.29, 0.717) is 6.54 Å². The zero-order chi connectivity index (χ0) is 15.8. The summed E-state index contributed by atoms with van der Waals surface area (Å²) in [4.78, 5) is 15.7. The summed E-state index contributed by atoms with van der Waals surface area (Å²) in [5, 5.41) is 5.07. The average Bonchev–Trinajstić information content (AvgIpc) is 3.01. The van der Waals surface area contributed by atoms with Crippen LogP contribution in [0.1, 0.15) is 10.4 Å². The number of carbonyl (C=O) groups excluding carboxylic acids is 1. The van der Waals surface area contributed by atoms with Gasteiger partial charge in [0.15, 0.2) is 6.54 Å². The maximum atomic E-state index is 11.9. The Kier molecular flexibility index (Phi) is 6.96. The lowest BCUT2D eigenvalue weighted by molar-refractivity contribution is -0.885. The average molecular weight is 336 g/mol. The van der Waals surface area contributed by atoms with Gasteiger partial charge in [-0.3, -0.25) is 4.79 Å². The fourth-order valence-corrected chi connectivity index (χ4v) is 3.39. The maximum absolute atomic E-state index is 11.9. The van der Waals surface area contributed by atoms with Crippen molar-refractivity contribution in [2.45, 2.75) is 17.9 Å². The van der Waals surface area contributed by atoms with Crippen LogP contribution >= 0.6 is 23.1 Å². The highest BCUT2D eigenvalue weighted by Crippen LogP contribution is 2.14. The van der Waals surface area contributed by atoms with E-state index < -0.39 is 0 Å². The standard InChI is InChI=1S/C17H22N2OS2/c1-19(12-14-5-7-15(21-2)8-6-14)13-17(20)18-10-9-16-4-3-11-22-16/h3-8,11H,9-10,12-13H2,1-2H3,(H,18,20)/p+1. The molecule has 1 amide bonds. The summed E-state index contributed by atoms with van der Waals surface area (Å²) in [6, 6.07) is 12.7. The second kappa shape index (κ2) is 8.98. The Morgan fingerprint density at radius 2 is 2.05 bits per heavy atom. The van der Waals surface area contributed by atoms with E-state index in [0.717, 1.165) is 19.5 Å². The summed E-state index contributed by atoms with van der Waals surface area (Å²) < 4.78 is 0. The molecule has 2 N–H and O–H groups in total. The second-order valence-electron chi connectivity index (χ2n) is 5.34. The Balaban J connectivity index is 1.68. The van der Waals surface area contributed by atoms with Crippen LogP contribution in [0.15, 0.2) is 46.7 Å². The monoisotopic (exact) mass is 335 g/mol. The zero-order valence-electron chi connectivity index (χ0n) is 13.1. The van der Waals surface area contributed by atoms with Crippen LogP contribution in [0.4, 0.5) is 0 Å². The Morgan fingerprint density at radius 1 is 1.27 bits per heavy atom. The zero-order valence-corrected chi connectivity index (χ0v) is 14.7. The summed E-state index contributed by atoms with van der Waals surface area (Å²) >= 11 is 3.48. The smallest absolute Gasteiger partial charge is 0.275 e. The first-order valence-corrected chi connectivity index (χ1v) is 9.51. The van der Waals surface area contributed by atoms with Gasteiger partial charge >= 0.3 is 0 Å². The van der Waals surface area contributed by atoms with Crippen LogP contribution in [0.2, 0.25) is 0 Å². The Morgan fingerprint density at radius 3 is 2.68 bits per heavy atom. The largest absolute Gasteiger partial charge is 0.351 e. The quantitative estimate of drug-likeness (QED) is 0.722. The van der Waals surface area contributed by atoms with Crippen LogP contribution in [0.25, 0.3) is 0 Å². The van der Waals surface area contributed by atoms with Gasteiger partial charge in [0.25, 0.3) is 5.91 Å². The predicted molar refractivity (Wildman–Crippen MR) is 94.7 cm³/mol. The van der Waals surface area contributed by atoms with E-state index in [1.807, 2.05) is 6.07 Å². The van der Waals surface area contributed by atoms with Crippen molar-refractivity contribution < 1.29 is 9.69 Å². The summed E-state index contributed by atoms with van der Waals surface area (Å²) in [6.07, 6.45) is 2.99. The van der Waals surface area contributed by atoms with Crippen LogP contribution in [0.5, 0.6) is 0 Å². The van der Waals surface area contributed by atoms with Crippen molar-refractivity contribution in [2.75, 3.05) is 26.4 Å². The number of quaternary nitrogens is 1. The van der Waals surface area contributed by atoms with Gasteiger partial charge in [-0.15, -0.1) is 23.1 Å². The van der Waals surface area contributed by atoms with Crippen molar-refractivity contribution in [1.82, 2.24) is 5.32 Å². The topological polar surface area (TPSA) is 33.5 Å². The SMILES string of the molecule is CSc1ccc(C[NH+](C)CC(=O)NCCc2cccs2)cc1. The van der Waals surface area contributed by atoms with E-state index in [1.165, 1.54) is 20.2 Å². The molecule has 1 aromatic carbocycles. The lowest BCUT2D eigenvalue weighted by atomic mass is 10.2. The van der Waals surface area contributed by atoms with E-state index in [4.69, 9.17) is 0 Å². The molecule has 3 nitrogen and oxygen atoms in total. The van der Waals surface area contributed by atoms with Crippen LogP contribution in [0.3, 0.4) is 0 Å². The Labute approximate surface area is 140 Å². The summed E-state index contributed by atoms with van der Waals surface area (Å²) in [6.45, 7) is 2.09. The van der Waals surface area contributed by atoms with Crippen molar-refractivity contribution >= 4 is 29.0 Å². The number of thioether (sulfide) groups is 1. The molecule has 0 radical (unpaired) electrons. The van der Waals surface area contributed by atoms with Crippen molar-refractivity contribution in [3.63, 3.8) is 0 Å². The molecular formula is C17H23N2OS2+. The fourth-order valence-electron chi connectivity index (χ4n) is 2.27. The molecule has 0 aliphatic rings. The molecule has 1 atom stereocenters. The molecule has 22 heavy (non-hydrogen) atoms. The van der Waals surface area contributed by atoms with Gasteiger partial charge in [-0.2, -0.15) is 0 Å². The number of carbonyl (C=O) groups is 1. The molecule has 0 spiro atoms. The van der Waals surface area contributed by atoms with Gasteiger partial charge in [0.1, 0.15) is 6.54 Å². The first kappa shape index (κ1) is 17.1. The van der Waals surface area contributed by atoms with Gasteiger partial charge in [0.05, 0.1) is 7.05 Å². The maximum Gasteiger partial charge on any atom is 0.275 e. The van der Waals surface area contributed by atoms with Crippen LogP contribution < -0.4 is 10.2 Å². The third-order valence-electron chi connectivity index (χ3n) is 3.40.